The lowest BCUT2D eigenvalue weighted by atomic mass is 9.92. The van der Waals surface area contributed by atoms with Gasteiger partial charge in [0, 0.05) is 19.5 Å². The highest BCUT2D eigenvalue weighted by molar-refractivity contribution is 9.10. The van der Waals surface area contributed by atoms with Crippen LogP contribution < -0.4 is 0 Å². The molecule has 0 radical (unpaired) electrons. The van der Waals surface area contributed by atoms with Crippen molar-refractivity contribution in [3.05, 3.63) is 67.6 Å². The van der Waals surface area contributed by atoms with Gasteiger partial charge >= 0.3 is 0 Å². The number of carbonyl (C=O) groups is 1. The molecular weight excluding hydrogens is 405 g/mol. The first-order valence-corrected chi connectivity index (χ1v) is 7.64. The van der Waals surface area contributed by atoms with Crippen molar-refractivity contribution < 1.29 is 4.79 Å². The largest absolute Gasteiger partial charge is 0.292 e. The first-order valence-electron chi connectivity index (χ1n) is 5.68. The molecule has 100 valence electrons. The summed E-state index contributed by atoms with van der Waals surface area (Å²) in [7, 11) is 0. The maximum Gasteiger partial charge on any atom is 0.185 e. The molecule has 20 heavy (non-hydrogen) atoms. The number of halogens is 3. The molecule has 2 nitrogen and oxygen atoms in total. The Bertz CT molecular complexity index is 709. The number of nitriles is 1. The Morgan fingerprint density at radius 3 is 2.50 bits per heavy atom. The molecule has 1 unspecified atom stereocenters. The number of rotatable bonds is 3. The first kappa shape index (κ1) is 15.2. The smallest absolute Gasteiger partial charge is 0.185 e. The Balaban J connectivity index is 2.48. The molecule has 0 aliphatic rings. The summed E-state index contributed by atoms with van der Waals surface area (Å²) >= 11 is 12.6. The van der Waals surface area contributed by atoms with Gasteiger partial charge in [0.1, 0.15) is 5.92 Å². The molecule has 0 aliphatic carbocycles. The molecule has 0 heterocycles. The molecule has 0 fully saturated rings. The molecule has 2 aromatic carbocycles. The van der Waals surface area contributed by atoms with Gasteiger partial charge in [-0.2, -0.15) is 5.26 Å². The lowest BCUT2D eigenvalue weighted by molar-refractivity contribution is 0.0978. The van der Waals surface area contributed by atoms with Crippen LogP contribution in [-0.4, -0.2) is 5.78 Å². The fourth-order valence-corrected chi connectivity index (χ4v) is 2.95. The lowest BCUT2D eigenvalue weighted by Gasteiger charge is -2.12. The average Bonchev–Trinajstić information content (AvgIpc) is 2.44. The van der Waals surface area contributed by atoms with E-state index < -0.39 is 5.92 Å². The van der Waals surface area contributed by atoms with E-state index in [4.69, 9.17) is 11.6 Å². The van der Waals surface area contributed by atoms with E-state index in [1.807, 2.05) is 6.07 Å². The molecule has 0 saturated carbocycles. The zero-order chi connectivity index (χ0) is 14.7. The van der Waals surface area contributed by atoms with E-state index in [1.165, 1.54) is 0 Å². The fourth-order valence-electron chi connectivity index (χ4n) is 1.82. The minimum absolute atomic E-state index is 0.284. The third-order valence-electron chi connectivity index (χ3n) is 2.80. The van der Waals surface area contributed by atoms with Gasteiger partial charge in [-0.25, -0.2) is 0 Å². The molecular formula is C15H8Br2ClNO. The van der Waals surface area contributed by atoms with Gasteiger partial charge in [-0.3, -0.25) is 4.79 Å². The van der Waals surface area contributed by atoms with Gasteiger partial charge in [0.15, 0.2) is 5.78 Å². The minimum Gasteiger partial charge on any atom is -0.292 e. The number of Topliss-reactive ketones (excluding diaryl/α,β-unsaturated/α-hetero) is 1. The average molecular weight is 413 g/mol. The van der Waals surface area contributed by atoms with Crippen molar-refractivity contribution in [3.63, 3.8) is 0 Å². The Morgan fingerprint density at radius 1 is 1.15 bits per heavy atom. The Kier molecular flexibility index (Phi) is 4.98. The van der Waals surface area contributed by atoms with Gasteiger partial charge in [-0.05, 0) is 29.8 Å². The van der Waals surface area contributed by atoms with E-state index in [9.17, 15) is 10.1 Å². The van der Waals surface area contributed by atoms with Crippen LogP contribution in [0, 0.1) is 11.3 Å². The quantitative estimate of drug-likeness (QED) is 0.636. The van der Waals surface area contributed by atoms with Crippen molar-refractivity contribution in [2.24, 2.45) is 0 Å². The van der Waals surface area contributed by atoms with Crippen LogP contribution in [0.4, 0.5) is 0 Å². The summed E-state index contributed by atoms with van der Waals surface area (Å²) < 4.78 is 1.36. The number of benzene rings is 2. The fraction of sp³-hybridized carbons (Fsp3) is 0.0667. The van der Waals surface area contributed by atoms with Crippen LogP contribution in [0.2, 0.25) is 5.02 Å². The van der Waals surface area contributed by atoms with Crippen LogP contribution >= 0.6 is 43.5 Å². The van der Waals surface area contributed by atoms with Crippen molar-refractivity contribution in [3.8, 4) is 6.07 Å². The second-order valence-electron chi connectivity index (χ2n) is 4.07. The summed E-state index contributed by atoms with van der Waals surface area (Å²) in [5.74, 6) is -1.16. The molecule has 0 N–H and O–H groups in total. The van der Waals surface area contributed by atoms with E-state index in [2.05, 4.69) is 37.9 Å². The van der Waals surface area contributed by atoms with Crippen LogP contribution in [0.5, 0.6) is 0 Å². The van der Waals surface area contributed by atoms with Crippen LogP contribution in [0.3, 0.4) is 0 Å². The molecule has 0 aromatic heterocycles. The Labute approximate surface area is 138 Å². The molecule has 0 amide bonds. The van der Waals surface area contributed by atoms with Crippen molar-refractivity contribution >= 4 is 49.2 Å². The van der Waals surface area contributed by atoms with Gasteiger partial charge in [0.25, 0.3) is 0 Å². The van der Waals surface area contributed by atoms with Gasteiger partial charge in [-0.15, -0.1) is 0 Å². The van der Waals surface area contributed by atoms with Gasteiger partial charge in [-0.1, -0.05) is 61.7 Å². The van der Waals surface area contributed by atoms with Gasteiger partial charge in [0.2, 0.25) is 0 Å². The number of nitrogens with zero attached hydrogens (tertiary/aromatic N) is 1. The van der Waals surface area contributed by atoms with E-state index in [-0.39, 0.29) is 5.78 Å². The van der Waals surface area contributed by atoms with Crippen LogP contribution in [0.15, 0.2) is 51.4 Å². The summed E-state index contributed by atoms with van der Waals surface area (Å²) in [5.41, 5.74) is 1.05. The van der Waals surface area contributed by atoms with E-state index in [0.29, 0.717) is 20.6 Å². The van der Waals surface area contributed by atoms with Gasteiger partial charge < -0.3 is 0 Å². The molecule has 2 rings (SSSR count). The normalized spacial score (nSPS) is 11.7. The van der Waals surface area contributed by atoms with Gasteiger partial charge in [0.05, 0.1) is 6.07 Å². The second-order valence-corrected chi connectivity index (χ2v) is 6.22. The summed E-state index contributed by atoms with van der Waals surface area (Å²) in [6.45, 7) is 0. The SMILES string of the molecule is N#CC(C(=O)c1cc(Cl)ccc1Br)c1ccccc1Br. The molecule has 2 aromatic rings. The predicted molar refractivity (Wildman–Crippen MR) is 86.0 cm³/mol. The minimum atomic E-state index is -0.875. The van der Waals surface area contributed by atoms with Crippen molar-refractivity contribution in [1.29, 1.82) is 5.26 Å². The van der Waals surface area contributed by atoms with Crippen molar-refractivity contribution in [1.82, 2.24) is 0 Å². The molecule has 0 bridgehead atoms. The van der Waals surface area contributed by atoms with E-state index in [1.54, 1.807) is 36.4 Å². The summed E-state index contributed by atoms with van der Waals surface area (Å²) in [6.07, 6.45) is 0. The highest BCUT2D eigenvalue weighted by Gasteiger charge is 2.25. The molecule has 0 saturated heterocycles. The molecule has 5 heteroatoms. The summed E-state index contributed by atoms with van der Waals surface area (Å²) in [6, 6.07) is 14.2. The van der Waals surface area contributed by atoms with E-state index >= 15 is 0 Å². The molecule has 1 atom stereocenters. The predicted octanol–water partition coefficient (Wildman–Crippen LogP) is 5.36. The maximum absolute atomic E-state index is 12.6. The zero-order valence-corrected chi connectivity index (χ0v) is 14.0. The van der Waals surface area contributed by atoms with Crippen LogP contribution in [0.1, 0.15) is 21.8 Å². The highest BCUT2D eigenvalue weighted by Crippen LogP contribution is 2.30. The Hall–Kier alpha value is -1.15. The standard InChI is InChI=1S/C15H8Br2ClNO/c16-13-4-2-1-3-10(13)12(8-19)15(20)11-7-9(18)5-6-14(11)17/h1-7,12H. The Morgan fingerprint density at radius 2 is 1.85 bits per heavy atom. The second kappa shape index (κ2) is 6.53. The van der Waals surface area contributed by atoms with Crippen LogP contribution in [0.25, 0.3) is 0 Å². The maximum atomic E-state index is 12.6. The van der Waals surface area contributed by atoms with Crippen LogP contribution in [-0.2, 0) is 0 Å². The summed E-state index contributed by atoms with van der Waals surface area (Å²) in [5, 5.41) is 9.81. The third kappa shape index (κ3) is 3.12. The molecule has 0 aliphatic heterocycles. The number of hydrogen-bond donors (Lipinski definition) is 0. The highest BCUT2D eigenvalue weighted by atomic mass is 79.9. The monoisotopic (exact) mass is 411 g/mol. The first-order chi connectivity index (χ1) is 9.54. The van der Waals surface area contributed by atoms with Crippen molar-refractivity contribution in [2.75, 3.05) is 0 Å². The number of hydrogen-bond acceptors (Lipinski definition) is 2. The number of carbonyl (C=O) groups excluding carboxylic acids is 1. The van der Waals surface area contributed by atoms with E-state index in [0.717, 1.165) is 4.47 Å². The third-order valence-corrected chi connectivity index (χ3v) is 4.45. The van der Waals surface area contributed by atoms with Crippen molar-refractivity contribution in [2.45, 2.75) is 5.92 Å². The lowest BCUT2D eigenvalue weighted by Crippen LogP contribution is -2.12. The molecule has 0 spiro atoms. The zero-order valence-electron chi connectivity index (χ0n) is 10.1. The number of ketones is 1. The topological polar surface area (TPSA) is 40.9 Å². The summed E-state index contributed by atoms with van der Waals surface area (Å²) in [4.78, 5) is 12.6.